The fourth-order valence-electron chi connectivity index (χ4n) is 2.38. The highest BCUT2D eigenvalue weighted by molar-refractivity contribution is 9.10. The highest BCUT2D eigenvalue weighted by Crippen LogP contribution is 2.22. The van der Waals surface area contributed by atoms with Crippen LogP contribution in [0.1, 0.15) is 21.6 Å². The molecule has 1 amide bonds. The lowest BCUT2D eigenvalue weighted by Gasteiger charge is -2.01. The van der Waals surface area contributed by atoms with Crippen molar-refractivity contribution >= 4 is 56.9 Å². The van der Waals surface area contributed by atoms with E-state index in [9.17, 15) is 14.9 Å². The summed E-state index contributed by atoms with van der Waals surface area (Å²) in [6.45, 7) is 0.272. The molecule has 0 aliphatic carbocycles. The first-order valence-corrected chi connectivity index (χ1v) is 9.63. The first kappa shape index (κ1) is 21.0. The van der Waals surface area contributed by atoms with Gasteiger partial charge in [0.1, 0.15) is 6.20 Å². The Bertz CT molecular complexity index is 1100. The number of hydrogen-bond donors (Lipinski definition) is 1. The van der Waals surface area contributed by atoms with E-state index in [-0.39, 0.29) is 12.2 Å². The Labute approximate surface area is 183 Å². The molecule has 3 aromatic rings. The number of nitro groups is 1. The minimum Gasteiger partial charge on any atom is -0.265 e. The molecule has 1 aromatic heterocycles. The standard InChI is InChI=1S/C18H12BrCl2N5O3/c19-13-4-1-11(2-5-13)9-25-10-16(26(28)29)17(24-25)18(27)23-22-8-12-3-6-14(20)15(21)7-12/h1-8,10H,9H2,(H,23,27)/b22-8+. The van der Waals surface area contributed by atoms with Crippen molar-refractivity contribution in [1.29, 1.82) is 0 Å². The van der Waals surface area contributed by atoms with Crippen LogP contribution in [0.3, 0.4) is 0 Å². The van der Waals surface area contributed by atoms with Crippen molar-refractivity contribution < 1.29 is 9.72 Å². The van der Waals surface area contributed by atoms with Crippen LogP contribution in [0.4, 0.5) is 5.69 Å². The van der Waals surface area contributed by atoms with Crippen LogP contribution in [-0.4, -0.2) is 26.8 Å². The molecule has 0 fully saturated rings. The zero-order valence-corrected chi connectivity index (χ0v) is 17.6. The number of carbonyl (C=O) groups excluding carboxylic acids is 1. The number of carbonyl (C=O) groups is 1. The lowest BCUT2D eigenvalue weighted by molar-refractivity contribution is -0.385. The average molecular weight is 497 g/mol. The number of hydrogen-bond acceptors (Lipinski definition) is 5. The maximum Gasteiger partial charge on any atom is 0.320 e. The molecule has 0 aliphatic rings. The molecule has 0 atom stereocenters. The van der Waals surface area contributed by atoms with Crippen molar-refractivity contribution in [2.75, 3.05) is 0 Å². The summed E-state index contributed by atoms with van der Waals surface area (Å²) in [6.07, 6.45) is 2.55. The summed E-state index contributed by atoms with van der Waals surface area (Å²) in [7, 11) is 0. The molecule has 1 N–H and O–H groups in total. The summed E-state index contributed by atoms with van der Waals surface area (Å²) in [5.41, 5.74) is 2.95. The van der Waals surface area contributed by atoms with Crippen LogP contribution in [-0.2, 0) is 6.54 Å². The molecule has 1 heterocycles. The second kappa shape index (κ2) is 9.17. The van der Waals surface area contributed by atoms with Crippen molar-refractivity contribution in [1.82, 2.24) is 15.2 Å². The number of amides is 1. The largest absolute Gasteiger partial charge is 0.320 e. The van der Waals surface area contributed by atoms with Gasteiger partial charge in [0.05, 0.1) is 27.7 Å². The minimum atomic E-state index is -0.803. The molecule has 148 valence electrons. The van der Waals surface area contributed by atoms with Crippen LogP contribution in [0, 0.1) is 10.1 Å². The van der Waals surface area contributed by atoms with Crippen LogP contribution in [0.5, 0.6) is 0 Å². The van der Waals surface area contributed by atoms with Gasteiger partial charge >= 0.3 is 5.69 Å². The zero-order chi connectivity index (χ0) is 21.0. The zero-order valence-electron chi connectivity index (χ0n) is 14.6. The molecule has 0 saturated heterocycles. The van der Waals surface area contributed by atoms with E-state index < -0.39 is 16.5 Å². The lowest BCUT2D eigenvalue weighted by Crippen LogP contribution is -2.19. The predicted octanol–water partition coefficient (Wildman–Crippen LogP) is 4.67. The maximum absolute atomic E-state index is 12.3. The molecule has 0 bridgehead atoms. The highest BCUT2D eigenvalue weighted by atomic mass is 79.9. The van der Waals surface area contributed by atoms with E-state index in [1.807, 2.05) is 24.3 Å². The van der Waals surface area contributed by atoms with Crippen LogP contribution in [0.25, 0.3) is 0 Å². The van der Waals surface area contributed by atoms with Crippen LogP contribution in [0.2, 0.25) is 10.0 Å². The minimum absolute atomic E-state index is 0.272. The molecule has 8 nitrogen and oxygen atoms in total. The number of aromatic nitrogens is 2. The third-order valence-electron chi connectivity index (χ3n) is 3.74. The molecular weight excluding hydrogens is 485 g/mol. The lowest BCUT2D eigenvalue weighted by atomic mass is 10.2. The van der Waals surface area contributed by atoms with Crippen molar-refractivity contribution in [3.05, 3.63) is 90.1 Å². The molecule has 2 aromatic carbocycles. The van der Waals surface area contributed by atoms with Crippen LogP contribution >= 0.6 is 39.1 Å². The van der Waals surface area contributed by atoms with Gasteiger partial charge in [0.25, 0.3) is 5.91 Å². The van der Waals surface area contributed by atoms with Crippen molar-refractivity contribution in [2.24, 2.45) is 5.10 Å². The normalized spacial score (nSPS) is 11.0. The quantitative estimate of drug-likeness (QED) is 0.304. The first-order chi connectivity index (χ1) is 13.8. The Kier molecular flexibility index (Phi) is 6.63. The van der Waals surface area contributed by atoms with Crippen LogP contribution in [0.15, 0.2) is 58.2 Å². The van der Waals surface area contributed by atoms with Gasteiger partial charge in [0.2, 0.25) is 5.69 Å². The maximum atomic E-state index is 12.3. The Morgan fingerprint density at radius 3 is 2.62 bits per heavy atom. The van der Waals surface area contributed by atoms with E-state index in [1.165, 1.54) is 17.1 Å². The topological polar surface area (TPSA) is 102 Å². The van der Waals surface area contributed by atoms with E-state index >= 15 is 0 Å². The fraction of sp³-hybridized carbons (Fsp3) is 0.0556. The molecule has 0 spiro atoms. The van der Waals surface area contributed by atoms with Crippen molar-refractivity contribution in [2.45, 2.75) is 6.54 Å². The van der Waals surface area contributed by atoms with E-state index in [2.05, 4.69) is 31.6 Å². The van der Waals surface area contributed by atoms with Gasteiger partial charge in [0.15, 0.2) is 0 Å². The Balaban J connectivity index is 1.75. The first-order valence-electron chi connectivity index (χ1n) is 8.08. The third-order valence-corrected chi connectivity index (χ3v) is 5.00. The van der Waals surface area contributed by atoms with Crippen molar-refractivity contribution in [3.63, 3.8) is 0 Å². The monoisotopic (exact) mass is 495 g/mol. The van der Waals surface area contributed by atoms with Gasteiger partial charge in [0, 0.05) is 4.47 Å². The van der Waals surface area contributed by atoms with Gasteiger partial charge in [-0.2, -0.15) is 10.2 Å². The summed E-state index contributed by atoms with van der Waals surface area (Å²) in [4.78, 5) is 23.0. The third kappa shape index (κ3) is 5.41. The van der Waals surface area contributed by atoms with Crippen LogP contribution < -0.4 is 5.43 Å². The molecule has 0 aliphatic heterocycles. The molecule has 0 saturated carbocycles. The molecule has 29 heavy (non-hydrogen) atoms. The summed E-state index contributed by atoms with van der Waals surface area (Å²) in [5.74, 6) is -0.803. The second-order valence-electron chi connectivity index (χ2n) is 5.82. The number of hydrazone groups is 1. The Hall–Kier alpha value is -2.75. The number of rotatable bonds is 6. The molecular formula is C18H12BrCl2N5O3. The summed E-state index contributed by atoms with van der Waals surface area (Å²) in [6, 6.07) is 12.2. The number of nitrogens with zero attached hydrogens (tertiary/aromatic N) is 4. The fourth-order valence-corrected chi connectivity index (χ4v) is 2.95. The van der Waals surface area contributed by atoms with E-state index in [0.717, 1.165) is 10.0 Å². The molecule has 11 heteroatoms. The average Bonchev–Trinajstić information content (AvgIpc) is 3.11. The highest BCUT2D eigenvalue weighted by Gasteiger charge is 2.25. The van der Waals surface area contributed by atoms with Gasteiger partial charge in [-0.3, -0.25) is 19.6 Å². The van der Waals surface area contributed by atoms with Gasteiger partial charge < -0.3 is 0 Å². The SMILES string of the molecule is O=C(N/N=C/c1ccc(Cl)c(Cl)c1)c1nn(Cc2ccc(Br)cc2)cc1[N+](=O)[O-]. The molecule has 3 rings (SSSR count). The van der Waals surface area contributed by atoms with E-state index in [4.69, 9.17) is 23.2 Å². The number of nitrogens with one attached hydrogen (secondary N) is 1. The van der Waals surface area contributed by atoms with E-state index in [0.29, 0.717) is 15.6 Å². The molecule has 0 unspecified atom stereocenters. The Morgan fingerprint density at radius 1 is 1.24 bits per heavy atom. The van der Waals surface area contributed by atoms with Gasteiger partial charge in [-0.15, -0.1) is 0 Å². The summed E-state index contributed by atoms with van der Waals surface area (Å²) >= 11 is 15.1. The second-order valence-corrected chi connectivity index (χ2v) is 7.55. The Morgan fingerprint density at radius 2 is 1.97 bits per heavy atom. The van der Waals surface area contributed by atoms with Gasteiger partial charge in [-0.1, -0.05) is 57.3 Å². The predicted molar refractivity (Wildman–Crippen MR) is 114 cm³/mol. The van der Waals surface area contributed by atoms with Gasteiger partial charge in [-0.25, -0.2) is 5.43 Å². The van der Waals surface area contributed by atoms with Gasteiger partial charge in [-0.05, 0) is 35.4 Å². The smallest absolute Gasteiger partial charge is 0.265 e. The number of halogens is 3. The molecule has 0 radical (unpaired) electrons. The van der Waals surface area contributed by atoms with E-state index in [1.54, 1.807) is 18.2 Å². The summed E-state index contributed by atoms with van der Waals surface area (Å²) in [5, 5.41) is 19.9. The van der Waals surface area contributed by atoms with Crippen molar-refractivity contribution in [3.8, 4) is 0 Å². The number of benzene rings is 2. The summed E-state index contributed by atoms with van der Waals surface area (Å²) < 4.78 is 2.24.